The standard InChI is InChI=1S/C15H18ClNO4/c1-9(15(19)20)17(10-6-7-10)14(18)8-11-12(16)4-3-5-13(11)21-2/h3-5,9-10H,6-8H2,1-2H3,(H,19,20). The van der Waals surface area contributed by atoms with Crippen LogP contribution in [0.5, 0.6) is 5.75 Å². The number of carboxylic acid groups (broad SMARTS) is 1. The number of amides is 1. The second kappa shape index (κ2) is 6.35. The molecule has 1 atom stereocenters. The molecule has 0 bridgehead atoms. The van der Waals surface area contributed by atoms with Gasteiger partial charge in [0.1, 0.15) is 11.8 Å². The average molecular weight is 312 g/mol. The Kier molecular flexibility index (Phi) is 4.73. The second-order valence-corrected chi connectivity index (χ2v) is 5.55. The minimum absolute atomic E-state index is 0.0251. The summed E-state index contributed by atoms with van der Waals surface area (Å²) in [5.74, 6) is -0.699. The van der Waals surface area contributed by atoms with E-state index in [0.29, 0.717) is 16.3 Å². The van der Waals surface area contributed by atoms with E-state index in [1.807, 2.05) is 0 Å². The highest BCUT2D eigenvalue weighted by Gasteiger charge is 2.38. The summed E-state index contributed by atoms with van der Waals surface area (Å²) in [6, 6.07) is 4.36. The van der Waals surface area contributed by atoms with Gasteiger partial charge in [-0.2, -0.15) is 0 Å². The first-order valence-corrected chi connectivity index (χ1v) is 7.18. The van der Waals surface area contributed by atoms with Crippen molar-refractivity contribution in [2.24, 2.45) is 0 Å². The van der Waals surface area contributed by atoms with Crippen molar-refractivity contribution in [2.45, 2.75) is 38.3 Å². The third kappa shape index (κ3) is 3.47. The van der Waals surface area contributed by atoms with Crippen LogP contribution >= 0.6 is 11.6 Å². The van der Waals surface area contributed by atoms with Gasteiger partial charge in [0.15, 0.2) is 0 Å². The van der Waals surface area contributed by atoms with Crippen LogP contribution in [0.4, 0.5) is 0 Å². The monoisotopic (exact) mass is 311 g/mol. The van der Waals surface area contributed by atoms with Crippen molar-refractivity contribution in [3.63, 3.8) is 0 Å². The molecule has 2 rings (SSSR count). The largest absolute Gasteiger partial charge is 0.496 e. The van der Waals surface area contributed by atoms with E-state index >= 15 is 0 Å². The van der Waals surface area contributed by atoms with Crippen molar-refractivity contribution in [1.82, 2.24) is 4.90 Å². The second-order valence-electron chi connectivity index (χ2n) is 5.14. The summed E-state index contributed by atoms with van der Waals surface area (Å²) in [5.41, 5.74) is 0.593. The lowest BCUT2D eigenvalue weighted by Gasteiger charge is -2.27. The fraction of sp³-hybridized carbons (Fsp3) is 0.467. The highest BCUT2D eigenvalue weighted by Crippen LogP contribution is 2.32. The van der Waals surface area contributed by atoms with Crippen LogP contribution in [-0.2, 0) is 16.0 Å². The molecule has 1 saturated carbocycles. The number of nitrogens with zero attached hydrogens (tertiary/aromatic N) is 1. The number of hydrogen-bond donors (Lipinski definition) is 1. The number of rotatable bonds is 6. The molecule has 1 fully saturated rings. The molecule has 0 spiro atoms. The van der Waals surface area contributed by atoms with Crippen LogP contribution in [0.3, 0.4) is 0 Å². The van der Waals surface area contributed by atoms with Crippen LogP contribution in [0.1, 0.15) is 25.3 Å². The lowest BCUT2D eigenvalue weighted by molar-refractivity contribution is -0.149. The van der Waals surface area contributed by atoms with Crippen molar-refractivity contribution in [1.29, 1.82) is 0 Å². The molecule has 1 aromatic carbocycles. The van der Waals surface area contributed by atoms with E-state index in [2.05, 4.69) is 0 Å². The highest BCUT2D eigenvalue weighted by atomic mass is 35.5. The quantitative estimate of drug-likeness (QED) is 0.875. The fourth-order valence-electron chi connectivity index (χ4n) is 2.35. The molecule has 1 aromatic rings. The maximum Gasteiger partial charge on any atom is 0.326 e. The number of carbonyl (C=O) groups excluding carboxylic acids is 1. The van der Waals surface area contributed by atoms with E-state index in [-0.39, 0.29) is 18.4 Å². The zero-order valence-corrected chi connectivity index (χ0v) is 12.8. The molecule has 21 heavy (non-hydrogen) atoms. The Morgan fingerprint density at radius 3 is 2.67 bits per heavy atom. The average Bonchev–Trinajstić information content (AvgIpc) is 3.25. The molecule has 0 heterocycles. The third-order valence-electron chi connectivity index (χ3n) is 3.63. The normalized spacial score (nSPS) is 15.4. The number of aliphatic carboxylic acids is 1. The minimum Gasteiger partial charge on any atom is -0.496 e. The molecule has 114 valence electrons. The number of carbonyl (C=O) groups is 2. The Balaban J connectivity index is 2.21. The summed E-state index contributed by atoms with van der Waals surface area (Å²) in [6.07, 6.45) is 1.74. The van der Waals surface area contributed by atoms with E-state index in [0.717, 1.165) is 12.8 Å². The Labute approximate surface area is 128 Å². The smallest absolute Gasteiger partial charge is 0.326 e. The van der Waals surface area contributed by atoms with E-state index in [9.17, 15) is 9.59 Å². The van der Waals surface area contributed by atoms with E-state index in [1.54, 1.807) is 18.2 Å². The molecule has 1 aliphatic rings. The topological polar surface area (TPSA) is 66.8 Å². The Bertz CT molecular complexity index is 557. The lowest BCUT2D eigenvalue weighted by atomic mass is 10.1. The van der Waals surface area contributed by atoms with Crippen molar-refractivity contribution in [2.75, 3.05) is 7.11 Å². The molecule has 1 aliphatic carbocycles. The van der Waals surface area contributed by atoms with Gasteiger partial charge in [-0.3, -0.25) is 4.79 Å². The van der Waals surface area contributed by atoms with E-state index < -0.39 is 12.0 Å². The Morgan fingerprint density at radius 1 is 1.48 bits per heavy atom. The summed E-state index contributed by atoms with van der Waals surface area (Å²) >= 11 is 6.13. The predicted molar refractivity (Wildman–Crippen MR) is 78.7 cm³/mol. The molecule has 0 radical (unpaired) electrons. The summed E-state index contributed by atoms with van der Waals surface area (Å²) in [7, 11) is 1.51. The number of benzene rings is 1. The fourth-order valence-corrected chi connectivity index (χ4v) is 2.58. The van der Waals surface area contributed by atoms with Crippen molar-refractivity contribution in [3.05, 3.63) is 28.8 Å². The SMILES string of the molecule is COc1cccc(Cl)c1CC(=O)N(C1CC1)C(C)C(=O)O. The molecule has 1 unspecified atom stereocenters. The van der Waals surface area contributed by atoms with Gasteiger partial charge >= 0.3 is 5.97 Å². The van der Waals surface area contributed by atoms with Gasteiger partial charge in [-0.15, -0.1) is 0 Å². The van der Waals surface area contributed by atoms with Crippen LogP contribution in [-0.4, -0.2) is 41.1 Å². The molecular weight excluding hydrogens is 294 g/mol. The van der Waals surface area contributed by atoms with Gasteiger partial charge in [-0.05, 0) is 31.9 Å². The summed E-state index contributed by atoms with van der Waals surface area (Å²) in [4.78, 5) is 25.1. The van der Waals surface area contributed by atoms with Crippen LogP contribution in [0.25, 0.3) is 0 Å². The molecule has 5 nitrogen and oxygen atoms in total. The zero-order chi connectivity index (χ0) is 15.6. The zero-order valence-electron chi connectivity index (χ0n) is 12.0. The first kappa shape index (κ1) is 15.6. The number of hydrogen-bond acceptors (Lipinski definition) is 3. The number of ether oxygens (including phenoxy) is 1. The van der Waals surface area contributed by atoms with Gasteiger partial charge in [0.05, 0.1) is 13.5 Å². The van der Waals surface area contributed by atoms with Gasteiger partial charge in [0.25, 0.3) is 0 Å². The van der Waals surface area contributed by atoms with Gasteiger partial charge in [-0.25, -0.2) is 4.79 Å². The molecule has 0 aliphatic heterocycles. The number of halogens is 1. The predicted octanol–water partition coefficient (Wildman–Crippen LogP) is 2.36. The van der Waals surface area contributed by atoms with E-state index in [4.69, 9.17) is 21.4 Å². The van der Waals surface area contributed by atoms with Gasteiger partial charge in [-0.1, -0.05) is 17.7 Å². The maximum absolute atomic E-state index is 12.5. The number of carboxylic acids is 1. The van der Waals surface area contributed by atoms with E-state index in [1.165, 1.54) is 18.9 Å². The van der Waals surface area contributed by atoms with Crippen LogP contribution < -0.4 is 4.74 Å². The molecule has 1 amide bonds. The van der Waals surface area contributed by atoms with Crippen LogP contribution in [0.15, 0.2) is 18.2 Å². The van der Waals surface area contributed by atoms with Crippen molar-refractivity contribution in [3.8, 4) is 5.75 Å². The highest BCUT2D eigenvalue weighted by molar-refractivity contribution is 6.31. The van der Waals surface area contributed by atoms with Crippen LogP contribution in [0, 0.1) is 0 Å². The van der Waals surface area contributed by atoms with Crippen LogP contribution in [0.2, 0.25) is 5.02 Å². The molecule has 0 aromatic heterocycles. The molecule has 6 heteroatoms. The number of methoxy groups -OCH3 is 1. The van der Waals surface area contributed by atoms with Crippen molar-refractivity contribution >= 4 is 23.5 Å². The minimum atomic E-state index is -0.999. The maximum atomic E-state index is 12.5. The molecular formula is C15H18ClNO4. The third-order valence-corrected chi connectivity index (χ3v) is 3.98. The molecule has 0 saturated heterocycles. The Hall–Kier alpha value is -1.75. The van der Waals surface area contributed by atoms with Gasteiger partial charge < -0.3 is 14.7 Å². The van der Waals surface area contributed by atoms with Gasteiger partial charge in [0, 0.05) is 16.6 Å². The molecule has 1 N–H and O–H groups in total. The lowest BCUT2D eigenvalue weighted by Crippen LogP contribution is -2.45. The summed E-state index contributed by atoms with van der Waals surface area (Å²) < 4.78 is 5.22. The Morgan fingerprint density at radius 2 is 2.14 bits per heavy atom. The first-order valence-electron chi connectivity index (χ1n) is 6.81. The van der Waals surface area contributed by atoms with Crippen molar-refractivity contribution < 1.29 is 19.4 Å². The summed E-state index contributed by atoms with van der Waals surface area (Å²) in [6.45, 7) is 1.53. The van der Waals surface area contributed by atoms with Gasteiger partial charge in [0.2, 0.25) is 5.91 Å². The first-order chi connectivity index (χ1) is 9.95. The summed E-state index contributed by atoms with van der Waals surface area (Å²) in [5, 5.41) is 9.60.